The van der Waals surface area contributed by atoms with E-state index in [0.29, 0.717) is 34.4 Å². The van der Waals surface area contributed by atoms with Gasteiger partial charge in [0, 0.05) is 6.42 Å². The first-order chi connectivity index (χ1) is 12.3. The summed E-state index contributed by atoms with van der Waals surface area (Å²) in [6, 6.07) is 7.08. The largest absolute Gasteiger partial charge is 0.441 e. The highest BCUT2D eigenvalue weighted by atomic mass is 35.5. The zero-order valence-electron chi connectivity index (χ0n) is 14.7. The van der Waals surface area contributed by atoms with Crippen molar-refractivity contribution in [3.05, 3.63) is 40.7 Å². The lowest BCUT2D eigenvalue weighted by atomic mass is 10.0. The van der Waals surface area contributed by atoms with Gasteiger partial charge < -0.3 is 4.42 Å². The number of aromatic nitrogens is 1. The number of halogens is 1. The molecule has 1 fully saturated rings. The number of nitrogens with zero attached hydrogens (tertiary/aromatic N) is 1. The van der Waals surface area contributed by atoms with E-state index in [2.05, 4.69) is 4.98 Å². The van der Waals surface area contributed by atoms with Crippen LogP contribution in [-0.2, 0) is 20.4 Å². The van der Waals surface area contributed by atoms with Crippen molar-refractivity contribution < 1.29 is 17.6 Å². The van der Waals surface area contributed by atoms with E-state index in [0.717, 1.165) is 25.7 Å². The summed E-state index contributed by atoms with van der Waals surface area (Å²) in [6.45, 7) is 1.67. The van der Waals surface area contributed by atoms with E-state index in [-0.39, 0.29) is 17.4 Å². The maximum absolute atomic E-state index is 12.4. The molecule has 1 aromatic carbocycles. The van der Waals surface area contributed by atoms with Gasteiger partial charge in [0.15, 0.2) is 9.84 Å². The van der Waals surface area contributed by atoms with Gasteiger partial charge in [0.1, 0.15) is 17.3 Å². The van der Waals surface area contributed by atoms with Gasteiger partial charge in [-0.05, 0) is 25.0 Å². The fourth-order valence-electron chi connectivity index (χ4n) is 3.41. The Morgan fingerprint density at radius 2 is 1.96 bits per heavy atom. The van der Waals surface area contributed by atoms with Gasteiger partial charge in [-0.25, -0.2) is 13.4 Å². The average Bonchev–Trinajstić information content (AvgIpc) is 3.17. The highest BCUT2D eigenvalue weighted by Gasteiger charge is 2.25. The fraction of sp³-hybridized carbons (Fsp3) is 0.474. The quantitative estimate of drug-likeness (QED) is 0.695. The van der Waals surface area contributed by atoms with Crippen molar-refractivity contribution in [2.24, 2.45) is 5.92 Å². The number of carbonyl (C=O) groups is 1. The molecule has 0 radical (unpaired) electrons. The Balaban J connectivity index is 1.69. The molecule has 2 aromatic rings. The number of sulfone groups is 1. The van der Waals surface area contributed by atoms with Crippen molar-refractivity contribution in [2.45, 2.75) is 44.8 Å². The molecule has 0 N–H and O–H groups in total. The summed E-state index contributed by atoms with van der Waals surface area (Å²) in [4.78, 5) is 16.4. The van der Waals surface area contributed by atoms with Gasteiger partial charge in [-0.1, -0.05) is 49.4 Å². The van der Waals surface area contributed by atoms with Crippen molar-refractivity contribution >= 4 is 27.2 Å². The molecule has 1 aliphatic rings. The molecule has 3 rings (SSSR count). The lowest BCUT2D eigenvalue weighted by Crippen LogP contribution is -2.20. The monoisotopic (exact) mass is 395 g/mol. The van der Waals surface area contributed by atoms with Gasteiger partial charge in [0.2, 0.25) is 5.89 Å². The number of rotatable bonds is 7. The number of carbonyl (C=O) groups excluding carboxylic acids is 1. The lowest BCUT2D eigenvalue weighted by molar-refractivity contribution is -0.117. The second-order valence-corrected chi connectivity index (χ2v) is 9.40. The number of Topliss-reactive ketones (excluding diaryl/α,β-unsaturated/α-hetero) is 1. The van der Waals surface area contributed by atoms with E-state index in [1.165, 1.54) is 0 Å². The zero-order valence-corrected chi connectivity index (χ0v) is 16.3. The number of aryl methyl sites for hydroxylation is 1. The van der Waals surface area contributed by atoms with E-state index in [9.17, 15) is 13.2 Å². The van der Waals surface area contributed by atoms with Crippen LogP contribution >= 0.6 is 11.6 Å². The normalized spacial score (nSPS) is 15.5. The molecule has 0 amide bonds. The van der Waals surface area contributed by atoms with Crippen LogP contribution in [0.15, 0.2) is 28.7 Å². The van der Waals surface area contributed by atoms with Gasteiger partial charge in [-0.2, -0.15) is 0 Å². The van der Waals surface area contributed by atoms with Gasteiger partial charge in [0.05, 0.1) is 22.0 Å². The molecule has 1 aliphatic carbocycles. The highest BCUT2D eigenvalue weighted by molar-refractivity contribution is 7.91. The third-order valence-electron chi connectivity index (χ3n) is 4.73. The number of hydrogen-bond donors (Lipinski definition) is 0. The van der Waals surface area contributed by atoms with Crippen molar-refractivity contribution in [1.29, 1.82) is 0 Å². The van der Waals surface area contributed by atoms with Gasteiger partial charge in [-0.3, -0.25) is 4.79 Å². The second kappa shape index (κ2) is 7.92. The molecule has 1 aromatic heterocycles. The van der Waals surface area contributed by atoms with Gasteiger partial charge >= 0.3 is 0 Å². The minimum absolute atomic E-state index is 0.204. The number of benzene rings is 1. The summed E-state index contributed by atoms with van der Waals surface area (Å²) in [5.74, 6) is 0.116. The van der Waals surface area contributed by atoms with Crippen molar-refractivity contribution in [1.82, 2.24) is 4.98 Å². The maximum Gasteiger partial charge on any atom is 0.228 e. The van der Waals surface area contributed by atoms with E-state index in [1.807, 2.05) is 0 Å². The van der Waals surface area contributed by atoms with E-state index >= 15 is 0 Å². The summed E-state index contributed by atoms with van der Waals surface area (Å²) in [7, 11) is -3.58. The number of hydrogen-bond acceptors (Lipinski definition) is 5. The van der Waals surface area contributed by atoms with Crippen LogP contribution in [0.4, 0.5) is 0 Å². The predicted molar refractivity (Wildman–Crippen MR) is 101 cm³/mol. The Labute approximate surface area is 158 Å². The third kappa shape index (κ3) is 4.74. The molecule has 0 bridgehead atoms. The second-order valence-electron chi connectivity index (χ2n) is 6.93. The molecule has 0 atom stereocenters. The summed E-state index contributed by atoms with van der Waals surface area (Å²) in [6.07, 6.45) is 4.67. The van der Waals surface area contributed by atoms with Gasteiger partial charge in [-0.15, -0.1) is 0 Å². The topological polar surface area (TPSA) is 77.2 Å². The molecule has 1 heterocycles. The van der Waals surface area contributed by atoms with Gasteiger partial charge in [0.25, 0.3) is 0 Å². The Kier molecular flexibility index (Phi) is 5.82. The smallest absolute Gasteiger partial charge is 0.228 e. The van der Waals surface area contributed by atoms with Crippen LogP contribution in [0.3, 0.4) is 0 Å². The standard InChI is InChI=1S/C19H22ClNO4S/c1-13-18(21-19(25-13)16-8-4-5-9-17(16)20)12-26(23,24)11-15(22)10-14-6-2-3-7-14/h4-5,8-9,14H,2-3,6-7,10-12H2,1H3. The molecular weight excluding hydrogens is 374 g/mol. The summed E-state index contributed by atoms with van der Waals surface area (Å²) in [5.41, 5.74) is 0.937. The van der Waals surface area contributed by atoms with Crippen LogP contribution in [0.5, 0.6) is 0 Å². The van der Waals surface area contributed by atoms with E-state index in [1.54, 1.807) is 31.2 Å². The van der Waals surface area contributed by atoms with Crippen molar-refractivity contribution in [3.63, 3.8) is 0 Å². The Morgan fingerprint density at radius 1 is 1.27 bits per heavy atom. The molecule has 26 heavy (non-hydrogen) atoms. The Hall–Kier alpha value is -1.66. The van der Waals surface area contributed by atoms with Crippen LogP contribution in [0.1, 0.15) is 43.6 Å². The van der Waals surface area contributed by atoms with Crippen LogP contribution in [0.2, 0.25) is 5.02 Å². The van der Waals surface area contributed by atoms with Crippen LogP contribution in [0.25, 0.3) is 11.5 Å². The molecule has 140 valence electrons. The summed E-state index contributed by atoms with van der Waals surface area (Å²) in [5, 5.41) is 0.481. The average molecular weight is 396 g/mol. The highest BCUT2D eigenvalue weighted by Crippen LogP contribution is 2.30. The Morgan fingerprint density at radius 3 is 2.65 bits per heavy atom. The first kappa shape index (κ1) is 19.1. The fourth-order valence-corrected chi connectivity index (χ4v) is 5.02. The van der Waals surface area contributed by atoms with E-state index < -0.39 is 15.6 Å². The SMILES string of the molecule is Cc1oc(-c2ccccc2Cl)nc1CS(=O)(=O)CC(=O)CC1CCCC1. The lowest BCUT2D eigenvalue weighted by Gasteiger charge is -2.07. The zero-order chi connectivity index (χ0) is 18.7. The molecule has 7 heteroatoms. The third-order valence-corrected chi connectivity index (χ3v) is 6.53. The summed E-state index contributed by atoms with van der Waals surface area (Å²) < 4.78 is 30.4. The minimum Gasteiger partial charge on any atom is -0.441 e. The molecule has 1 saturated carbocycles. The first-order valence-corrected chi connectivity index (χ1v) is 11.0. The molecule has 0 spiro atoms. The Bertz CT molecular complexity index is 898. The molecule has 0 saturated heterocycles. The molecule has 0 aliphatic heterocycles. The maximum atomic E-state index is 12.4. The van der Waals surface area contributed by atoms with Crippen molar-refractivity contribution in [2.75, 3.05) is 5.75 Å². The van der Waals surface area contributed by atoms with Crippen LogP contribution < -0.4 is 0 Å². The van der Waals surface area contributed by atoms with Crippen LogP contribution in [-0.4, -0.2) is 24.9 Å². The molecule has 5 nitrogen and oxygen atoms in total. The predicted octanol–water partition coefficient (Wildman–Crippen LogP) is 4.37. The molecule has 0 unspecified atom stereocenters. The number of ketones is 1. The molecular formula is C19H22ClNO4S. The van der Waals surface area contributed by atoms with Crippen LogP contribution in [0, 0.1) is 12.8 Å². The minimum atomic E-state index is -3.58. The first-order valence-electron chi connectivity index (χ1n) is 8.77. The van der Waals surface area contributed by atoms with E-state index in [4.69, 9.17) is 16.0 Å². The summed E-state index contributed by atoms with van der Waals surface area (Å²) >= 11 is 6.14. The van der Waals surface area contributed by atoms with Crippen molar-refractivity contribution in [3.8, 4) is 11.5 Å². The number of oxazole rings is 1.